The van der Waals surface area contributed by atoms with E-state index in [0.717, 1.165) is 29.3 Å². The predicted octanol–water partition coefficient (Wildman–Crippen LogP) is 2.23. The minimum absolute atomic E-state index is 0.848. The van der Waals surface area contributed by atoms with Crippen LogP contribution < -0.4 is 0 Å². The molecule has 0 fully saturated rings. The summed E-state index contributed by atoms with van der Waals surface area (Å²) < 4.78 is 0. The van der Waals surface area contributed by atoms with Gasteiger partial charge in [-0.3, -0.25) is 4.99 Å². The summed E-state index contributed by atoms with van der Waals surface area (Å²) in [5.41, 5.74) is 2.45. The third-order valence-electron chi connectivity index (χ3n) is 1.96. The van der Waals surface area contributed by atoms with Gasteiger partial charge in [0.2, 0.25) is 0 Å². The van der Waals surface area contributed by atoms with E-state index in [4.69, 9.17) is 0 Å². The van der Waals surface area contributed by atoms with Crippen molar-refractivity contribution in [2.24, 2.45) is 9.98 Å². The van der Waals surface area contributed by atoms with Crippen molar-refractivity contribution in [2.75, 3.05) is 5.75 Å². The highest BCUT2D eigenvalue weighted by Crippen LogP contribution is 2.17. The van der Waals surface area contributed by atoms with Crippen molar-refractivity contribution in [3.8, 4) is 12.0 Å². The standard InChI is InChI=1S/C10H10N2S/c1-8-3-4-9(12-7-8)10-11-5-2-6-13-10/h7H,3-4,6H2,1H3. The first-order valence-corrected chi connectivity index (χ1v) is 5.26. The second-order valence-electron chi connectivity index (χ2n) is 3.05. The SMILES string of the molecule is CC1=CN=C(C2=NC#CCS2)CC1. The summed E-state index contributed by atoms with van der Waals surface area (Å²) in [5.74, 6) is 3.77. The smallest absolute Gasteiger partial charge is 0.129 e. The maximum atomic E-state index is 4.37. The van der Waals surface area contributed by atoms with Gasteiger partial charge in [-0.25, -0.2) is 0 Å². The lowest BCUT2D eigenvalue weighted by Gasteiger charge is -2.11. The number of hydrogen-bond donors (Lipinski definition) is 0. The quantitative estimate of drug-likeness (QED) is 0.582. The lowest BCUT2D eigenvalue weighted by Crippen LogP contribution is -2.14. The Labute approximate surface area is 82.2 Å². The normalized spacial score (nSPS) is 20.8. The number of rotatable bonds is 1. The predicted molar refractivity (Wildman–Crippen MR) is 58.1 cm³/mol. The number of aliphatic imine (C=N–C) groups is 2. The molecule has 2 aliphatic rings. The molecule has 0 N–H and O–H groups in total. The Morgan fingerprint density at radius 2 is 2.38 bits per heavy atom. The van der Waals surface area contributed by atoms with Gasteiger partial charge in [0.1, 0.15) is 5.04 Å². The third kappa shape index (κ3) is 2.02. The van der Waals surface area contributed by atoms with Crippen LogP contribution in [0.1, 0.15) is 19.8 Å². The fourth-order valence-electron chi connectivity index (χ4n) is 1.20. The average Bonchev–Trinajstić information content (AvgIpc) is 2.20. The summed E-state index contributed by atoms with van der Waals surface area (Å²) in [7, 11) is 0. The van der Waals surface area contributed by atoms with E-state index in [1.165, 1.54) is 5.57 Å². The number of hydrogen-bond acceptors (Lipinski definition) is 3. The molecular weight excluding hydrogens is 180 g/mol. The van der Waals surface area contributed by atoms with Crippen LogP contribution in [0.5, 0.6) is 0 Å². The molecule has 0 unspecified atom stereocenters. The van der Waals surface area contributed by atoms with Gasteiger partial charge in [0.25, 0.3) is 0 Å². The Morgan fingerprint density at radius 1 is 1.46 bits per heavy atom. The van der Waals surface area contributed by atoms with Crippen LogP contribution in [-0.2, 0) is 0 Å². The molecule has 0 spiro atoms. The Balaban J connectivity index is 2.19. The van der Waals surface area contributed by atoms with Crippen LogP contribution in [-0.4, -0.2) is 16.5 Å². The molecule has 0 saturated carbocycles. The van der Waals surface area contributed by atoms with E-state index in [-0.39, 0.29) is 0 Å². The maximum Gasteiger partial charge on any atom is 0.129 e. The van der Waals surface area contributed by atoms with Crippen molar-refractivity contribution >= 4 is 22.5 Å². The monoisotopic (exact) mass is 190 g/mol. The van der Waals surface area contributed by atoms with Crippen molar-refractivity contribution in [1.82, 2.24) is 0 Å². The van der Waals surface area contributed by atoms with Gasteiger partial charge in [0.15, 0.2) is 0 Å². The topological polar surface area (TPSA) is 24.7 Å². The van der Waals surface area contributed by atoms with E-state index in [1.807, 2.05) is 6.20 Å². The molecule has 2 heterocycles. The number of thioether (sulfide) groups is 1. The third-order valence-corrected chi connectivity index (χ3v) is 2.85. The molecule has 0 radical (unpaired) electrons. The van der Waals surface area contributed by atoms with Crippen LogP contribution >= 0.6 is 11.8 Å². The van der Waals surface area contributed by atoms with Crippen molar-refractivity contribution in [3.63, 3.8) is 0 Å². The minimum atomic E-state index is 0.848. The number of nitrogens with zero attached hydrogens (tertiary/aromatic N) is 2. The average molecular weight is 190 g/mol. The summed E-state index contributed by atoms with van der Waals surface area (Å²) >= 11 is 1.69. The summed E-state index contributed by atoms with van der Waals surface area (Å²) in [5, 5.41) is 1.02. The molecule has 0 aromatic carbocycles. The van der Waals surface area contributed by atoms with Crippen LogP contribution in [0.15, 0.2) is 21.8 Å². The molecule has 2 nitrogen and oxygen atoms in total. The first-order valence-electron chi connectivity index (χ1n) is 4.27. The molecule has 13 heavy (non-hydrogen) atoms. The highest BCUT2D eigenvalue weighted by molar-refractivity contribution is 8.16. The Morgan fingerprint density at radius 3 is 3.00 bits per heavy atom. The fourth-order valence-corrected chi connectivity index (χ4v) is 1.91. The van der Waals surface area contributed by atoms with Gasteiger partial charge in [0.05, 0.1) is 11.5 Å². The molecule has 0 aliphatic carbocycles. The fraction of sp³-hybridized carbons (Fsp3) is 0.400. The number of allylic oxidation sites excluding steroid dienone is 1. The summed E-state index contributed by atoms with van der Waals surface area (Å²) in [6, 6.07) is 2.76. The second-order valence-corrected chi connectivity index (χ2v) is 4.01. The zero-order chi connectivity index (χ0) is 9.10. The summed E-state index contributed by atoms with van der Waals surface area (Å²) in [6.07, 6.45) is 4.05. The molecule has 66 valence electrons. The molecule has 0 aromatic heterocycles. The Kier molecular flexibility index (Phi) is 2.51. The first-order chi connectivity index (χ1) is 6.36. The van der Waals surface area contributed by atoms with Crippen LogP contribution in [0.25, 0.3) is 0 Å². The lowest BCUT2D eigenvalue weighted by atomic mass is 10.1. The van der Waals surface area contributed by atoms with Gasteiger partial charge in [0, 0.05) is 12.2 Å². The van der Waals surface area contributed by atoms with E-state index in [2.05, 4.69) is 28.9 Å². The zero-order valence-corrected chi connectivity index (χ0v) is 8.32. The van der Waals surface area contributed by atoms with Gasteiger partial charge in [-0.2, -0.15) is 4.99 Å². The van der Waals surface area contributed by atoms with Crippen LogP contribution in [0.4, 0.5) is 0 Å². The Bertz CT molecular complexity index is 366. The lowest BCUT2D eigenvalue weighted by molar-refractivity contribution is 0.985. The summed E-state index contributed by atoms with van der Waals surface area (Å²) in [4.78, 5) is 8.51. The minimum Gasteiger partial charge on any atom is -0.259 e. The second kappa shape index (κ2) is 3.80. The molecule has 0 atom stereocenters. The van der Waals surface area contributed by atoms with Crippen molar-refractivity contribution in [2.45, 2.75) is 19.8 Å². The van der Waals surface area contributed by atoms with Crippen molar-refractivity contribution in [3.05, 3.63) is 11.8 Å². The molecule has 0 saturated heterocycles. The highest BCUT2D eigenvalue weighted by atomic mass is 32.2. The molecule has 0 amide bonds. The van der Waals surface area contributed by atoms with Gasteiger partial charge in [-0.05, 0) is 19.8 Å². The Hall–Kier alpha value is -1.01. The highest BCUT2D eigenvalue weighted by Gasteiger charge is 2.13. The van der Waals surface area contributed by atoms with Crippen LogP contribution in [0.2, 0.25) is 0 Å². The zero-order valence-electron chi connectivity index (χ0n) is 7.50. The van der Waals surface area contributed by atoms with E-state index in [0.29, 0.717) is 0 Å². The van der Waals surface area contributed by atoms with Crippen molar-refractivity contribution in [1.29, 1.82) is 0 Å². The molecule has 2 aliphatic heterocycles. The van der Waals surface area contributed by atoms with E-state index < -0.39 is 0 Å². The van der Waals surface area contributed by atoms with Gasteiger partial charge < -0.3 is 0 Å². The van der Waals surface area contributed by atoms with Crippen LogP contribution in [0, 0.1) is 12.0 Å². The van der Waals surface area contributed by atoms with Gasteiger partial charge >= 0.3 is 0 Å². The van der Waals surface area contributed by atoms with E-state index in [1.54, 1.807) is 11.8 Å². The first kappa shape index (κ1) is 8.58. The molecule has 2 rings (SSSR count). The molecule has 0 aromatic rings. The molecule has 3 heteroatoms. The van der Waals surface area contributed by atoms with E-state index >= 15 is 0 Å². The van der Waals surface area contributed by atoms with Crippen LogP contribution in [0.3, 0.4) is 0 Å². The largest absolute Gasteiger partial charge is 0.259 e. The van der Waals surface area contributed by atoms with Crippen molar-refractivity contribution < 1.29 is 0 Å². The van der Waals surface area contributed by atoms with Gasteiger partial charge in [-0.1, -0.05) is 23.3 Å². The summed E-state index contributed by atoms with van der Waals surface area (Å²) in [6.45, 7) is 2.11. The maximum absolute atomic E-state index is 4.37. The van der Waals surface area contributed by atoms with Gasteiger partial charge in [-0.15, -0.1) is 0 Å². The molecular formula is C10H10N2S. The molecule has 0 bridgehead atoms. The van der Waals surface area contributed by atoms with E-state index in [9.17, 15) is 0 Å².